The molecular weight excluding hydrogens is 403 g/mol. The molecule has 29 heavy (non-hydrogen) atoms. The molecule has 0 saturated carbocycles. The van der Waals surface area contributed by atoms with Gasteiger partial charge in [0.1, 0.15) is 5.76 Å². The molecule has 6 nitrogen and oxygen atoms in total. The molecule has 2 aromatic heterocycles. The van der Waals surface area contributed by atoms with E-state index in [0.717, 1.165) is 35.6 Å². The van der Waals surface area contributed by atoms with Crippen LogP contribution in [0.1, 0.15) is 43.3 Å². The quantitative estimate of drug-likeness (QED) is 0.441. The number of hydrogen-bond acceptors (Lipinski definition) is 5. The van der Waals surface area contributed by atoms with Crippen molar-refractivity contribution in [3.63, 3.8) is 0 Å². The summed E-state index contributed by atoms with van der Waals surface area (Å²) in [5, 5.41) is 7.82. The maximum Gasteiger partial charge on any atom is 0.434 e. The molecule has 1 unspecified atom stereocenters. The van der Waals surface area contributed by atoms with Crippen LogP contribution in [0.25, 0.3) is 0 Å². The molecule has 0 bridgehead atoms. The number of thiazole rings is 1. The lowest BCUT2D eigenvalue weighted by atomic mass is 10.2. The van der Waals surface area contributed by atoms with E-state index >= 15 is 0 Å². The average Bonchev–Trinajstić information content (AvgIpc) is 3.36. The van der Waals surface area contributed by atoms with Crippen molar-refractivity contribution in [2.45, 2.75) is 39.4 Å². The molecule has 0 aromatic carbocycles. The van der Waals surface area contributed by atoms with Gasteiger partial charge >= 0.3 is 6.18 Å². The summed E-state index contributed by atoms with van der Waals surface area (Å²) in [6, 6.07) is 3.82. The van der Waals surface area contributed by atoms with E-state index in [4.69, 9.17) is 4.42 Å². The molecule has 0 amide bonds. The van der Waals surface area contributed by atoms with E-state index < -0.39 is 11.9 Å². The van der Waals surface area contributed by atoms with E-state index in [-0.39, 0.29) is 6.04 Å². The Morgan fingerprint density at radius 1 is 1.28 bits per heavy atom. The number of furan rings is 1. The minimum atomic E-state index is -4.40. The monoisotopic (exact) mass is 431 g/mol. The number of nitrogens with one attached hydrogen (secondary N) is 2. The molecule has 0 fully saturated rings. The van der Waals surface area contributed by atoms with Crippen molar-refractivity contribution < 1.29 is 17.6 Å². The second-order valence-corrected chi connectivity index (χ2v) is 7.22. The molecule has 0 aliphatic rings. The van der Waals surface area contributed by atoms with Gasteiger partial charge in [-0.25, -0.2) is 4.98 Å². The van der Waals surface area contributed by atoms with Crippen LogP contribution in [-0.2, 0) is 12.6 Å². The number of rotatable bonds is 10. The molecule has 2 N–H and O–H groups in total. The Morgan fingerprint density at radius 2 is 2.03 bits per heavy atom. The first-order chi connectivity index (χ1) is 13.9. The van der Waals surface area contributed by atoms with E-state index in [0.29, 0.717) is 37.0 Å². The summed E-state index contributed by atoms with van der Waals surface area (Å²) in [5.41, 5.74) is -0.835. The Labute approximate surface area is 173 Å². The smallest absolute Gasteiger partial charge is 0.434 e. The Kier molecular flexibility index (Phi) is 8.97. The molecule has 0 aliphatic heterocycles. The Bertz CT molecular complexity index is 741. The van der Waals surface area contributed by atoms with Crippen molar-refractivity contribution in [2.75, 3.05) is 32.7 Å². The maximum absolute atomic E-state index is 12.7. The van der Waals surface area contributed by atoms with Crippen LogP contribution in [0.15, 0.2) is 33.2 Å². The predicted molar refractivity (Wildman–Crippen MR) is 109 cm³/mol. The second-order valence-electron chi connectivity index (χ2n) is 6.27. The van der Waals surface area contributed by atoms with Crippen LogP contribution in [0.2, 0.25) is 0 Å². The molecule has 2 heterocycles. The summed E-state index contributed by atoms with van der Waals surface area (Å²) in [5.74, 6) is 1.47. The topological polar surface area (TPSA) is 65.7 Å². The van der Waals surface area contributed by atoms with Gasteiger partial charge in [0.25, 0.3) is 0 Å². The van der Waals surface area contributed by atoms with Gasteiger partial charge in [-0.15, -0.1) is 11.3 Å². The first kappa shape index (κ1) is 23.2. The van der Waals surface area contributed by atoms with E-state index in [1.165, 1.54) is 0 Å². The van der Waals surface area contributed by atoms with E-state index in [2.05, 4.69) is 39.4 Å². The van der Waals surface area contributed by atoms with Crippen molar-refractivity contribution in [1.29, 1.82) is 0 Å². The fourth-order valence-electron chi connectivity index (χ4n) is 2.89. The minimum absolute atomic E-state index is 0.0174. The lowest BCUT2D eigenvalue weighted by Crippen LogP contribution is -2.39. The Balaban J connectivity index is 1.98. The van der Waals surface area contributed by atoms with E-state index in [1.54, 1.807) is 6.26 Å². The van der Waals surface area contributed by atoms with Gasteiger partial charge in [-0.2, -0.15) is 13.2 Å². The van der Waals surface area contributed by atoms with Crippen molar-refractivity contribution in [2.24, 2.45) is 4.99 Å². The number of guanidine groups is 1. The summed E-state index contributed by atoms with van der Waals surface area (Å²) in [4.78, 5) is 10.6. The van der Waals surface area contributed by atoms with Crippen LogP contribution in [0.5, 0.6) is 0 Å². The molecule has 162 valence electrons. The van der Waals surface area contributed by atoms with Gasteiger partial charge in [0, 0.05) is 24.9 Å². The number of hydrogen-bond donors (Lipinski definition) is 2. The molecule has 0 spiro atoms. The fourth-order valence-corrected chi connectivity index (χ4v) is 3.70. The molecule has 2 rings (SSSR count). The highest BCUT2D eigenvalue weighted by Crippen LogP contribution is 2.30. The molecule has 1 atom stereocenters. The van der Waals surface area contributed by atoms with E-state index in [9.17, 15) is 13.2 Å². The third-order valence-electron chi connectivity index (χ3n) is 4.36. The largest absolute Gasteiger partial charge is 0.468 e. The normalized spacial score (nSPS) is 13.7. The first-order valence-corrected chi connectivity index (χ1v) is 10.6. The highest BCUT2D eigenvalue weighted by Gasteiger charge is 2.33. The molecule has 0 radical (unpaired) electrons. The third-order valence-corrected chi connectivity index (χ3v) is 5.27. The lowest BCUT2D eigenvalue weighted by molar-refractivity contribution is -0.140. The van der Waals surface area contributed by atoms with Crippen molar-refractivity contribution in [3.8, 4) is 0 Å². The first-order valence-electron chi connectivity index (χ1n) is 9.70. The number of aromatic nitrogens is 1. The fraction of sp³-hybridized carbons (Fsp3) is 0.579. The van der Waals surface area contributed by atoms with Crippen LogP contribution in [0, 0.1) is 0 Å². The van der Waals surface area contributed by atoms with E-state index in [1.807, 2.05) is 19.1 Å². The number of nitrogens with zero attached hydrogens (tertiary/aromatic N) is 3. The summed E-state index contributed by atoms with van der Waals surface area (Å²) < 4.78 is 43.6. The van der Waals surface area contributed by atoms with Gasteiger partial charge in [-0.3, -0.25) is 9.89 Å². The molecule has 0 aliphatic carbocycles. The van der Waals surface area contributed by atoms with Gasteiger partial charge in [0.05, 0.1) is 23.9 Å². The molecule has 0 saturated heterocycles. The summed E-state index contributed by atoms with van der Waals surface area (Å²) in [6.07, 6.45) is -2.35. The van der Waals surface area contributed by atoms with Crippen LogP contribution >= 0.6 is 11.3 Å². The van der Waals surface area contributed by atoms with Gasteiger partial charge in [-0.1, -0.05) is 13.8 Å². The van der Waals surface area contributed by atoms with Crippen LogP contribution < -0.4 is 10.6 Å². The lowest BCUT2D eigenvalue weighted by Gasteiger charge is -2.27. The minimum Gasteiger partial charge on any atom is -0.468 e. The molecular formula is C19H28F3N5OS. The summed E-state index contributed by atoms with van der Waals surface area (Å²) in [6.45, 7) is 9.50. The number of likely N-dealkylation sites (N-methyl/N-ethyl adjacent to an activating group) is 1. The predicted octanol–water partition coefficient (Wildman–Crippen LogP) is 3.94. The summed E-state index contributed by atoms with van der Waals surface area (Å²) >= 11 is 1.02. The third kappa shape index (κ3) is 7.04. The standard InChI is InChI=1S/C19H28F3N5OS/c1-4-23-18(24-10-9-17-26-16(13-29-17)19(20,21)22)25-12-14(27(5-2)6-3)15-8-7-11-28-15/h7-8,11,13-14H,4-6,9-10,12H2,1-3H3,(H2,23,24,25). The summed E-state index contributed by atoms with van der Waals surface area (Å²) in [7, 11) is 0. The second kappa shape index (κ2) is 11.2. The van der Waals surface area contributed by atoms with Crippen molar-refractivity contribution in [3.05, 3.63) is 40.2 Å². The van der Waals surface area contributed by atoms with Gasteiger partial charge < -0.3 is 15.1 Å². The van der Waals surface area contributed by atoms with Crippen LogP contribution in [0.4, 0.5) is 13.2 Å². The SMILES string of the molecule is CCNC(=NCC(c1ccco1)N(CC)CC)NCCc1nc(C(F)(F)F)cs1. The molecule has 10 heteroatoms. The van der Waals surface area contributed by atoms with Gasteiger partial charge in [0.2, 0.25) is 0 Å². The van der Waals surface area contributed by atoms with Crippen molar-refractivity contribution >= 4 is 17.3 Å². The van der Waals surface area contributed by atoms with Crippen LogP contribution in [-0.4, -0.2) is 48.6 Å². The zero-order valence-electron chi connectivity index (χ0n) is 16.9. The van der Waals surface area contributed by atoms with Crippen molar-refractivity contribution in [1.82, 2.24) is 20.5 Å². The average molecular weight is 432 g/mol. The number of halogens is 3. The molecule has 2 aromatic rings. The van der Waals surface area contributed by atoms with Gasteiger partial charge in [-0.05, 0) is 32.1 Å². The van der Waals surface area contributed by atoms with Gasteiger partial charge in [0.15, 0.2) is 11.7 Å². The van der Waals surface area contributed by atoms with Crippen LogP contribution in [0.3, 0.4) is 0 Å². The number of aliphatic imine (C=N–C) groups is 1. The number of alkyl halides is 3. The zero-order valence-corrected chi connectivity index (χ0v) is 17.7. The highest BCUT2D eigenvalue weighted by molar-refractivity contribution is 7.09. The zero-order chi connectivity index (χ0) is 21.3. The Hall–Kier alpha value is -2.07. The Morgan fingerprint density at radius 3 is 2.59 bits per heavy atom. The maximum atomic E-state index is 12.7. The highest BCUT2D eigenvalue weighted by atomic mass is 32.1.